The van der Waals surface area contributed by atoms with E-state index >= 15 is 0 Å². The first-order valence-corrected chi connectivity index (χ1v) is 7.65. The fraction of sp³-hybridized carbons (Fsp3) is 0.375. The highest BCUT2D eigenvalue weighted by Crippen LogP contribution is 2.11. The van der Waals surface area contributed by atoms with Crippen molar-refractivity contribution in [2.75, 3.05) is 6.54 Å². The Balaban J connectivity index is 1.48. The van der Waals surface area contributed by atoms with Crippen molar-refractivity contribution >= 4 is 11.8 Å². The van der Waals surface area contributed by atoms with E-state index in [4.69, 9.17) is 0 Å². The lowest BCUT2D eigenvalue weighted by molar-refractivity contribution is -0.129. The van der Waals surface area contributed by atoms with Crippen molar-refractivity contribution in [3.05, 3.63) is 48.0 Å². The third-order valence-corrected chi connectivity index (χ3v) is 3.94. The molecule has 2 N–H and O–H groups in total. The average molecular weight is 313 g/mol. The lowest BCUT2D eigenvalue weighted by Crippen LogP contribution is -2.42. The molecular formula is C16H19N5O2. The molecule has 3 rings (SSSR count). The highest BCUT2D eigenvalue weighted by Gasteiger charge is 2.23. The van der Waals surface area contributed by atoms with Crippen molar-refractivity contribution in [2.24, 2.45) is 5.92 Å². The smallest absolute Gasteiger partial charge is 0.225 e. The van der Waals surface area contributed by atoms with Crippen LogP contribution in [0, 0.1) is 5.92 Å². The summed E-state index contributed by atoms with van der Waals surface area (Å²) in [5.41, 5.74) is 2.17. The second-order valence-electron chi connectivity index (χ2n) is 5.67. The summed E-state index contributed by atoms with van der Waals surface area (Å²) in [5.74, 6) is -0.104. The SMILES string of the molecule is O=C1CC[C@H](C(=O)NCc2ccc(Cn3cncn3)cc2)CN1. The molecule has 2 heterocycles. The van der Waals surface area contributed by atoms with Crippen LogP contribution in [0.3, 0.4) is 0 Å². The van der Waals surface area contributed by atoms with Crippen LogP contribution in [0.15, 0.2) is 36.9 Å². The largest absolute Gasteiger partial charge is 0.355 e. The van der Waals surface area contributed by atoms with E-state index in [1.807, 2.05) is 24.3 Å². The topological polar surface area (TPSA) is 88.9 Å². The first kappa shape index (κ1) is 15.2. The number of hydrogen-bond acceptors (Lipinski definition) is 4. The molecule has 1 atom stereocenters. The van der Waals surface area contributed by atoms with Crippen LogP contribution < -0.4 is 10.6 Å². The standard InChI is InChI=1S/C16H19N5O2/c22-15-6-5-14(8-18-15)16(23)19-7-12-1-3-13(4-2-12)9-21-11-17-10-20-21/h1-4,10-11,14H,5-9H2,(H,18,22)(H,19,23)/t14-/m0/s1. The summed E-state index contributed by atoms with van der Waals surface area (Å²) in [7, 11) is 0. The van der Waals surface area contributed by atoms with Crippen LogP contribution in [0.4, 0.5) is 0 Å². The minimum Gasteiger partial charge on any atom is -0.355 e. The average Bonchev–Trinajstić information content (AvgIpc) is 3.07. The quantitative estimate of drug-likeness (QED) is 0.840. The van der Waals surface area contributed by atoms with Gasteiger partial charge in [-0.1, -0.05) is 24.3 Å². The lowest BCUT2D eigenvalue weighted by Gasteiger charge is -2.21. The maximum atomic E-state index is 12.1. The van der Waals surface area contributed by atoms with Crippen molar-refractivity contribution in [3.8, 4) is 0 Å². The first-order valence-electron chi connectivity index (χ1n) is 7.65. The molecular weight excluding hydrogens is 294 g/mol. The molecule has 0 spiro atoms. The summed E-state index contributed by atoms with van der Waals surface area (Å²) in [5, 5.41) is 9.73. The third kappa shape index (κ3) is 4.15. The van der Waals surface area contributed by atoms with Gasteiger partial charge in [-0.2, -0.15) is 5.10 Å². The van der Waals surface area contributed by atoms with Gasteiger partial charge in [-0.25, -0.2) is 9.67 Å². The zero-order valence-corrected chi connectivity index (χ0v) is 12.7. The van der Waals surface area contributed by atoms with Crippen LogP contribution in [-0.2, 0) is 22.7 Å². The Morgan fingerprint density at radius 3 is 2.74 bits per heavy atom. The number of rotatable bonds is 5. The zero-order chi connectivity index (χ0) is 16.1. The van der Waals surface area contributed by atoms with Gasteiger partial charge in [0.25, 0.3) is 0 Å². The Morgan fingerprint density at radius 1 is 1.30 bits per heavy atom. The molecule has 2 aromatic rings. The lowest BCUT2D eigenvalue weighted by atomic mass is 9.98. The van der Waals surface area contributed by atoms with Crippen molar-refractivity contribution < 1.29 is 9.59 Å². The molecule has 120 valence electrons. The molecule has 2 amide bonds. The van der Waals surface area contributed by atoms with Crippen LogP contribution in [0.5, 0.6) is 0 Å². The molecule has 0 saturated carbocycles. The Bertz CT molecular complexity index is 656. The van der Waals surface area contributed by atoms with E-state index in [0.717, 1.165) is 11.1 Å². The fourth-order valence-corrected chi connectivity index (χ4v) is 2.55. The molecule has 0 unspecified atom stereocenters. The Hall–Kier alpha value is -2.70. The first-order chi connectivity index (χ1) is 11.2. The minimum absolute atomic E-state index is 0.00306. The molecule has 1 aromatic heterocycles. The van der Waals surface area contributed by atoms with E-state index in [9.17, 15) is 9.59 Å². The molecule has 1 saturated heterocycles. The number of benzene rings is 1. The molecule has 0 radical (unpaired) electrons. The second kappa shape index (κ2) is 7.04. The van der Waals surface area contributed by atoms with Crippen LogP contribution in [0.2, 0.25) is 0 Å². The number of carbonyl (C=O) groups is 2. The van der Waals surface area contributed by atoms with Gasteiger partial charge in [-0.3, -0.25) is 9.59 Å². The highest BCUT2D eigenvalue weighted by molar-refractivity contribution is 5.83. The number of piperidine rings is 1. The molecule has 1 aliphatic rings. The Labute approximate surface area is 134 Å². The summed E-state index contributed by atoms with van der Waals surface area (Å²) < 4.78 is 1.76. The third-order valence-electron chi connectivity index (χ3n) is 3.94. The summed E-state index contributed by atoms with van der Waals surface area (Å²) >= 11 is 0. The number of nitrogens with one attached hydrogen (secondary N) is 2. The number of nitrogens with zero attached hydrogens (tertiary/aromatic N) is 3. The molecule has 0 bridgehead atoms. The molecule has 7 heteroatoms. The van der Waals surface area contributed by atoms with E-state index in [1.54, 1.807) is 11.0 Å². The van der Waals surface area contributed by atoms with E-state index in [-0.39, 0.29) is 17.7 Å². The monoisotopic (exact) mass is 313 g/mol. The Kier molecular flexibility index (Phi) is 4.65. The van der Waals surface area contributed by atoms with Crippen LogP contribution in [-0.4, -0.2) is 33.1 Å². The van der Waals surface area contributed by atoms with Gasteiger partial charge in [0.1, 0.15) is 12.7 Å². The molecule has 7 nitrogen and oxygen atoms in total. The van der Waals surface area contributed by atoms with E-state index in [1.165, 1.54) is 6.33 Å². The van der Waals surface area contributed by atoms with E-state index < -0.39 is 0 Å². The maximum absolute atomic E-state index is 12.1. The summed E-state index contributed by atoms with van der Waals surface area (Å²) in [6.45, 7) is 1.60. The predicted octanol–water partition coefficient (Wildman–Crippen LogP) is 0.469. The fourth-order valence-electron chi connectivity index (χ4n) is 2.55. The summed E-state index contributed by atoms with van der Waals surface area (Å²) in [6, 6.07) is 8.03. The molecule has 1 fully saturated rings. The maximum Gasteiger partial charge on any atom is 0.225 e. The van der Waals surface area contributed by atoms with E-state index in [2.05, 4.69) is 20.7 Å². The molecule has 0 aliphatic carbocycles. The van der Waals surface area contributed by atoms with Gasteiger partial charge in [0, 0.05) is 19.5 Å². The number of amides is 2. The second-order valence-corrected chi connectivity index (χ2v) is 5.67. The highest BCUT2D eigenvalue weighted by atomic mass is 16.2. The zero-order valence-electron chi connectivity index (χ0n) is 12.7. The van der Waals surface area contributed by atoms with Gasteiger partial charge >= 0.3 is 0 Å². The van der Waals surface area contributed by atoms with Gasteiger partial charge in [0.15, 0.2) is 0 Å². The number of aromatic nitrogens is 3. The predicted molar refractivity (Wildman–Crippen MR) is 83.1 cm³/mol. The van der Waals surface area contributed by atoms with Gasteiger partial charge in [0.05, 0.1) is 12.5 Å². The van der Waals surface area contributed by atoms with Gasteiger partial charge in [0.2, 0.25) is 11.8 Å². The molecule has 1 aromatic carbocycles. The minimum atomic E-state index is -0.126. The Morgan fingerprint density at radius 2 is 2.09 bits per heavy atom. The van der Waals surface area contributed by atoms with Gasteiger partial charge in [-0.15, -0.1) is 0 Å². The van der Waals surface area contributed by atoms with Crippen molar-refractivity contribution in [1.29, 1.82) is 0 Å². The number of carbonyl (C=O) groups excluding carboxylic acids is 2. The summed E-state index contributed by atoms with van der Waals surface area (Å²) in [4.78, 5) is 27.1. The van der Waals surface area contributed by atoms with Gasteiger partial charge < -0.3 is 10.6 Å². The van der Waals surface area contributed by atoms with Crippen molar-refractivity contribution in [1.82, 2.24) is 25.4 Å². The summed E-state index contributed by atoms with van der Waals surface area (Å²) in [6.07, 6.45) is 4.23. The van der Waals surface area contributed by atoms with Crippen LogP contribution in [0.25, 0.3) is 0 Å². The molecule has 1 aliphatic heterocycles. The van der Waals surface area contributed by atoms with E-state index in [0.29, 0.717) is 32.5 Å². The number of hydrogen-bond donors (Lipinski definition) is 2. The van der Waals surface area contributed by atoms with Crippen LogP contribution in [0.1, 0.15) is 24.0 Å². The normalized spacial score (nSPS) is 17.6. The van der Waals surface area contributed by atoms with Crippen LogP contribution >= 0.6 is 0 Å². The van der Waals surface area contributed by atoms with Gasteiger partial charge in [-0.05, 0) is 17.5 Å². The molecule has 23 heavy (non-hydrogen) atoms. The van der Waals surface area contributed by atoms with Crippen molar-refractivity contribution in [2.45, 2.75) is 25.9 Å². The van der Waals surface area contributed by atoms with Crippen molar-refractivity contribution in [3.63, 3.8) is 0 Å².